The van der Waals surface area contributed by atoms with Crippen molar-refractivity contribution in [1.82, 2.24) is 20.6 Å². The molecule has 0 fully saturated rings. The number of halogens is 3. The Labute approximate surface area is 120 Å². The molecule has 0 saturated carbocycles. The Bertz CT molecular complexity index is 486. The molecule has 0 aliphatic heterocycles. The summed E-state index contributed by atoms with van der Waals surface area (Å²) in [5.41, 5.74) is -0.976. The molecule has 0 radical (unpaired) electrons. The van der Waals surface area contributed by atoms with E-state index in [1.165, 1.54) is 0 Å². The first-order valence-electron chi connectivity index (χ1n) is 6.17. The molecule has 0 spiro atoms. The van der Waals surface area contributed by atoms with Gasteiger partial charge in [-0.1, -0.05) is 6.08 Å². The number of nitrogens with zero attached hydrogens (tertiary/aromatic N) is 3. The zero-order valence-corrected chi connectivity index (χ0v) is 11.5. The van der Waals surface area contributed by atoms with E-state index in [0.717, 1.165) is 12.3 Å². The second kappa shape index (κ2) is 8.08. The molecule has 6 nitrogen and oxygen atoms in total. The summed E-state index contributed by atoms with van der Waals surface area (Å²) in [6.45, 7) is 4.91. The van der Waals surface area contributed by atoms with Gasteiger partial charge in [0.15, 0.2) is 5.96 Å². The summed E-state index contributed by atoms with van der Waals surface area (Å²) >= 11 is 0. The summed E-state index contributed by atoms with van der Waals surface area (Å²) < 4.78 is 37.4. The SMILES string of the molecule is C=CCNC(=NC)NCCNc1nccc(C(F)(F)F)n1. The van der Waals surface area contributed by atoms with Gasteiger partial charge in [0, 0.05) is 32.9 Å². The van der Waals surface area contributed by atoms with Crippen LogP contribution in [0.2, 0.25) is 0 Å². The van der Waals surface area contributed by atoms with Crippen LogP contribution in [0.4, 0.5) is 19.1 Å². The normalized spacial score (nSPS) is 11.9. The maximum absolute atomic E-state index is 12.5. The van der Waals surface area contributed by atoms with Crippen LogP contribution >= 0.6 is 0 Å². The highest BCUT2D eigenvalue weighted by molar-refractivity contribution is 5.79. The largest absolute Gasteiger partial charge is 0.433 e. The number of rotatable bonds is 6. The summed E-state index contributed by atoms with van der Waals surface area (Å²) in [7, 11) is 1.61. The van der Waals surface area contributed by atoms with Gasteiger partial charge in [-0.2, -0.15) is 13.2 Å². The van der Waals surface area contributed by atoms with Gasteiger partial charge in [-0.25, -0.2) is 9.97 Å². The number of nitrogens with one attached hydrogen (secondary N) is 3. The predicted molar refractivity (Wildman–Crippen MR) is 75.1 cm³/mol. The minimum atomic E-state index is -4.48. The number of alkyl halides is 3. The van der Waals surface area contributed by atoms with Crippen molar-refractivity contribution >= 4 is 11.9 Å². The zero-order chi connectivity index (χ0) is 15.7. The van der Waals surface area contributed by atoms with Gasteiger partial charge in [0.05, 0.1) is 0 Å². The highest BCUT2D eigenvalue weighted by atomic mass is 19.4. The third-order valence-electron chi connectivity index (χ3n) is 2.28. The molecule has 0 saturated heterocycles. The highest BCUT2D eigenvalue weighted by Gasteiger charge is 2.32. The van der Waals surface area contributed by atoms with Crippen molar-refractivity contribution in [2.45, 2.75) is 6.18 Å². The first-order chi connectivity index (χ1) is 9.97. The Morgan fingerprint density at radius 3 is 2.76 bits per heavy atom. The Hall–Kier alpha value is -2.32. The van der Waals surface area contributed by atoms with Gasteiger partial charge in [0.2, 0.25) is 5.95 Å². The Balaban J connectivity index is 2.41. The van der Waals surface area contributed by atoms with Crippen LogP contribution in [-0.4, -0.2) is 42.6 Å². The fourth-order valence-corrected chi connectivity index (χ4v) is 1.35. The van der Waals surface area contributed by atoms with E-state index >= 15 is 0 Å². The number of hydrogen-bond donors (Lipinski definition) is 3. The fraction of sp³-hybridized carbons (Fsp3) is 0.417. The molecule has 1 rings (SSSR count). The Morgan fingerprint density at radius 1 is 1.38 bits per heavy atom. The monoisotopic (exact) mass is 302 g/mol. The first-order valence-corrected chi connectivity index (χ1v) is 6.17. The third kappa shape index (κ3) is 6.11. The molecule has 0 aliphatic carbocycles. The molecule has 1 heterocycles. The number of aromatic nitrogens is 2. The van der Waals surface area contributed by atoms with Gasteiger partial charge in [0.25, 0.3) is 0 Å². The highest BCUT2D eigenvalue weighted by Crippen LogP contribution is 2.27. The first kappa shape index (κ1) is 16.7. The van der Waals surface area contributed by atoms with Crippen molar-refractivity contribution in [2.24, 2.45) is 4.99 Å². The maximum atomic E-state index is 12.5. The van der Waals surface area contributed by atoms with Gasteiger partial charge >= 0.3 is 6.18 Å². The smallest absolute Gasteiger partial charge is 0.355 e. The van der Waals surface area contributed by atoms with Crippen molar-refractivity contribution in [3.8, 4) is 0 Å². The number of hydrogen-bond acceptors (Lipinski definition) is 4. The molecule has 0 aliphatic rings. The molecule has 1 aromatic rings. The van der Waals surface area contributed by atoms with Crippen LogP contribution in [0.1, 0.15) is 5.69 Å². The quantitative estimate of drug-likeness (QED) is 0.319. The summed E-state index contributed by atoms with van der Waals surface area (Å²) in [6.07, 6.45) is -1.73. The van der Waals surface area contributed by atoms with E-state index in [2.05, 4.69) is 37.5 Å². The van der Waals surface area contributed by atoms with Gasteiger partial charge in [-0.3, -0.25) is 4.99 Å². The number of anilines is 1. The van der Waals surface area contributed by atoms with Crippen molar-refractivity contribution in [3.05, 3.63) is 30.6 Å². The molecular formula is C12H17F3N6. The van der Waals surface area contributed by atoms with E-state index in [1.807, 2.05) is 0 Å². The lowest BCUT2D eigenvalue weighted by Crippen LogP contribution is -2.39. The second-order valence-corrected chi connectivity index (χ2v) is 3.86. The Kier molecular flexibility index (Phi) is 6.44. The molecular weight excluding hydrogens is 285 g/mol. The maximum Gasteiger partial charge on any atom is 0.433 e. The van der Waals surface area contributed by atoms with Crippen LogP contribution in [0.15, 0.2) is 29.9 Å². The minimum absolute atomic E-state index is 0.0688. The number of guanidine groups is 1. The van der Waals surface area contributed by atoms with Crippen LogP contribution in [-0.2, 0) is 6.18 Å². The lowest BCUT2D eigenvalue weighted by Gasteiger charge is -2.11. The van der Waals surface area contributed by atoms with Crippen molar-refractivity contribution in [2.75, 3.05) is 32.0 Å². The van der Waals surface area contributed by atoms with Crippen LogP contribution in [0, 0.1) is 0 Å². The summed E-state index contributed by atoms with van der Waals surface area (Å²) in [5, 5.41) is 8.63. The van der Waals surface area contributed by atoms with Crippen LogP contribution in [0.25, 0.3) is 0 Å². The number of aliphatic imine (C=N–C) groups is 1. The van der Waals surface area contributed by atoms with Gasteiger partial charge in [0.1, 0.15) is 5.69 Å². The fourth-order valence-electron chi connectivity index (χ4n) is 1.35. The Morgan fingerprint density at radius 2 is 2.14 bits per heavy atom. The molecule has 9 heteroatoms. The summed E-state index contributed by atoms with van der Waals surface area (Å²) in [6, 6.07) is 0.824. The molecule has 116 valence electrons. The van der Waals surface area contributed by atoms with Crippen LogP contribution < -0.4 is 16.0 Å². The predicted octanol–water partition coefficient (Wildman–Crippen LogP) is 1.26. The van der Waals surface area contributed by atoms with E-state index in [1.54, 1.807) is 13.1 Å². The average molecular weight is 302 g/mol. The molecule has 21 heavy (non-hydrogen) atoms. The molecule has 3 N–H and O–H groups in total. The van der Waals surface area contributed by atoms with E-state index in [-0.39, 0.29) is 5.95 Å². The lowest BCUT2D eigenvalue weighted by molar-refractivity contribution is -0.141. The molecule has 0 amide bonds. The summed E-state index contributed by atoms with van der Waals surface area (Å²) in [4.78, 5) is 11.1. The lowest BCUT2D eigenvalue weighted by atomic mass is 10.4. The van der Waals surface area contributed by atoms with E-state index < -0.39 is 11.9 Å². The third-order valence-corrected chi connectivity index (χ3v) is 2.28. The van der Waals surface area contributed by atoms with E-state index in [9.17, 15) is 13.2 Å². The van der Waals surface area contributed by atoms with E-state index in [0.29, 0.717) is 25.6 Å². The standard InChI is InChI=1S/C12H17F3N6/c1-3-5-17-10(16-2)19-7-8-20-11-18-6-4-9(21-11)12(13,14)15/h3-4,6H,1,5,7-8H2,2H3,(H2,16,17,19)(H,18,20,21). The van der Waals surface area contributed by atoms with Crippen molar-refractivity contribution < 1.29 is 13.2 Å². The zero-order valence-electron chi connectivity index (χ0n) is 11.5. The average Bonchev–Trinajstić information content (AvgIpc) is 2.46. The van der Waals surface area contributed by atoms with Crippen LogP contribution in [0.5, 0.6) is 0 Å². The minimum Gasteiger partial charge on any atom is -0.355 e. The molecule has 0 aromatic carbocycles. The molecule has 0 unspecified atom stereocenters. The van der Waals surface area contributed by atoms with E-state index in [4.69, 9.17) is 0 Å². The van der Waals surface area contributed by atoms with Gasteiger partial charge in [-0.05, 0) is 6.07 Å². The van der Waals surface area contributed by atoms with Crippen molar-refractivity contribution in [3.63, 3.8) is 0 Å². The molecule has 0 atom stereocenters. The second-order valence-electron chi connectivity index (χ2n) is 3.86. The van der Waals surface area contributed by atoms with Crippen molar-refractivity contribution in [1.29, 1.82) is 0 Å². The van der Waals surface area contributed by atoms with Crippen LogP contribution in [0.3, 0.4) is 0 Å². The topological polar surface area (TPSA) is 74.2 Å². The molecule has 1 aromatic heterocycles. The summed E-state index contributed by atoms with van der Waals surface area (Å²) in [5.74, 6) is 0.502. The van der Waals surface area contributed by atoms with Gasteiger partial charge < -0.3 is 16.0 Å². The molecule has 0 bridgehead atoms. The van der Waals surface area contributed by atoms with Gasteiger partial charge in [-0.15, -0.1) is 6.58 Å².